The minimum absolute atomic E-state index is 0.351. The lowest BCUT2D eigenvalue weighted by Crippen LogP contribution is -2.08. The Morgan fingerprint density at radius 2 is 2.05 bits per heavy atom. The van der Waals surface area contributed by atoms with Crippen LogP contribution >= 0.6 is 34.2 Å². The second kappa shape index (κ2) is 6.53. The number of benzene rings is 2. The van der Waals surface area contributed by atoms with Gasteiger partial charge in [-0.1, -0.05) is 11.6 Å². The van der Waals surface area contributed by atoms with Gasteiger partial charge in [-0.05, 0) is 65.4 Å². The van der Waals surface area contributed by atoms with Crippen molar-refractivity contribution < 1.29 is 9.53 Å². The summed E-state index contributed by atoms with van der Waals surface area (Å²) in [5.41, 5.74) is 9.18. The molecule has 0 fully saturated rings. The molecule has 2 aromatic rings. The average molecular weight is 417 g/mol. The minimum Gasteiger partial charge on any atom is -0.465 e. The van der Waals surface area contributed by atoms with E-state index >= 15 is 0 Å². The molecular formula is C15H14ClIN2O2. The Hall–Kier alpha value is -1.47. The predicted molar refractivity (Wildman–Crippen MR) is 94.4 cm³/mol. The van der Waals surface area contributed by atoms with Crippen molar-refractivity contribution in [3.63, 3.8) is 0 Å². The minimum atomic E-state index is -0.454. The van der Waals surface area contributed by atoms with Crippen LogP contribution in [-0.2, 0) is 4.74 Å². The van der Waals surface area contributed by atoms with Crippen molar-refractivity contribution in [3.05, 3.63) is 50.1 Å². The summed E-state index contributed by atoms with van der Waals surface area (Å²) in [4.78, 5) is 11.8. The van der Waals surface area contributed by atoms with Crippen LogP contribution in [-0.4, -0.2) is 13.1 Å². The lowest BCUT2D eigenvalue weighted by molar-refractivity contribution is 0.0602. The summed E-state index contributed by atoms with van der Waals surface area (Å²) in [5.74, 6) is -0.454. The molecule has 0 aliphatic carbocycles. The zero-order valence-electron chi connectivity index (χ0n) is 11.5. The van der Waals surface area contributed by atoms with Crippen LogP contribution in [0.4, 0.5) is 17.1 Å². The number of nitrogen functional groups attached to an aromatic ring is 1. The van der Waals surface area contributed by atoms with Crippen LogP contribution in [0.1, 0.15) is 15.9 Å². The third-order valence-electron chi connectivity index (χ3n) is 3.00. The van der Waals surface area contributed by atoms with Crippen LogP contribution in [0.2, 0.25) is 5.02 Å². The zero-order chi connectivity index (χ0) is 15.6. The van der Waals surface area contributed by atoms with Gasteiger partial charge in [-0.15, -0.1) is 0 Å². The van der Waals surface area contributed by atoms with Gasteiger partial charge in [0, 0.05) is 20.0 Å². The molecule has 110 valence electrons. The highest BCUT2D eigenvalue weighted by molar-refractivity contribution is 14.1. The fourth-order valence-corrected chi connectivity index (χ4v) is 2.90. The van der Waals surface area contributed by atoms with E-state index in [0.29, 0.717) is 16.3 Å². The largest absolute Gasteiger partial charge is 0.465 e. The van der Waals surface area contributed by atoms with E-state index in [9.17, 15) is 4.79 Å². The monoisotopic (exact) mass is 416 g/mol. The normalized spacial score (nSPS) is 10.3. The molecule has 0 aromatic heterocycles. The average Bonchev–Trinajstić information content (AvgIpc) is 2.44. The number of anilines is 3. The molecule has 4 nitrogen and oxygen atoms in total. The van der Waals surface area contributed by atoms with Crippen LogP contribution in [0.5, 0.6) is 0 Å². The Labute approximate surface area is 141 Å². The molecule has 0 saturated heterocycles. The molecule has 0 saturated carbocycles. The first-order valence-electron chi connectivity index (χ1n) is 6.13. The van der Waals surface area contributed by atoms with Crippen molar-refractivity contribution in [3.8, 4) is 0 Å². The number of aryl methyl sites for hydroxylation is 1. The molecule has 0 aliphatic rings. The van der Waals surface area contributed by atoms with Gasteiger partial charge in [0.1, 0.15) is 0 Å². The molecular weight excluding hydrogens is 403 g/mol. The Morgan fingerprint density at radius 3 is 2.67 bits per heavy atom. The highest BCUT2D eigenvalue weighted by Gasteiger charge is 2.14. The van der Waals surface area contributed by atoms with E-state index < -0.39 is 5.97 Å². The van der Waals surface area contributed by atoms with Gasteiger partial charge in [-0.25, -0.2) is 4.79 Å². The number of hydrogen-bond acceptors (Lipinski definition) is 4. The highest BCUT2D eigenvalue weighted by Crippen LogP contribution is 2.29. The van der Waals surface area contributed by atoms with Crippen LogP contribution in [0.15, 0.2) is 30.3 Å². The van der Waals surface area contributed by atoms with Crippen molar-refractivity contribution in [1.82, 2.24) is 0 Å². The number of rotatable bonds is 3. The second-order valence-corrected chi connectivity index (χ2v) is 6.09. The number of carbonyl (C=O) groups is 1. The highest BCUT2D eigenvalue weighted by atomic mass is 127. The molecule has 0 atom stereocenters. The van der Waals surface area contributed by atoms with Crippen LogP contribution in [0.3, 0.4) is 0 Å². The standard InChI is InChI=1S/C15H14ClIN2O2/c1-8-5-10(7-11(14(8)18)15(20)21-2)19-13-4-3-9(16)6-12(13)17/h3-7,19H,18H2,1-2H3. The number of esters is 1. The summed E-state index contributed by atoms with van der Waals surface area (Å²) in [6, 6.07) is 9.10. The van der Waals surface area contributed by atoms with Gasteiger partial charge < -0.3 is 15.8 Å². The molecule has 0 aliphatic heterocycles. The van der Waals surface area contributed by atoms with E-state index in [1.54, 1.807) is 12.1 Å². The van der Waals surface area contributed by atoms with E-state index in [1.807, 2.05) is 25.1 Å². The Balaban J connectivity index is 2.40. The predicted octanol–water partition coefficient (Wildman–Crippen LogP) is 4.37. The number of carbonyl (C=O) groups excluding carboxylic acids is 1. The second-order valence-electron chi connectivity index (χ2n) is 4.50. The summed E-state index contributed by atoms with van der Waals surface area (Å²) in [6.07, 6.45) is 0. The molecule has 0 heterocycles. The first-order valence-corrected chi connectivity index (χ1v) is 7.58. The van der Waals surface area contributed by atoms with E-state index in [-0.39, 0.29) is 0 Å². The van der Waals surface area contributed by atoms with Crippen LogP contribution in [0, 0.1) is 10.5 Å². The number of nitrogens with one attached hydrogen (secondary N) is 1. The first kappa shape index (κ1) is 15.9. The van der Waals surface area contributed by atoms with Crippen LogP contribution < -0.4 is 11.1 Å². The summed E-state index contributed by atoms with van der Waals surface area (Å²) in [6.45, 7) is 1.85. The fraction of sp³-hybridized carbons (Fsp3) is 0.133. The SMILES string of the molecule is COC(=O)c1cc(Nc2ccc(Cl)cc2I)cc(C)c1N. The van der Waals surface area contributed by atoms with Gasteiger partial charge in [0.05, 0.1) is 18.4 Å². The van der Waals surface area contributed by atoms with Crippen molar-refractivity contribution >= 4 is 57.2 Å². The smallest absolute Gasteiger partial charge is 0.340 e. The zero-order valence-corrected chi connectivity index (χ0v) is 14.4. The maximum Gasteiger partial charge on any atom is 0.340 e. The van der Waals surface area contributed by atoms with Crippen molar-refractivity contribution in [2.24, 2.45) is 0 Å². The molecule has 2 aromatic carbocycles. The molecule has 0 bridgehead atoms. The maximum absolute atomic E-state index is 11.8. The van der Waals surface area contributed by atoms with E-state index in [2.05, 4.69) is 27.9 Å². The van der Waals surface area contributed by atoms with Crippen molar-refractivity contribution in [1.29, 1.82) is 0 Å². The summed E-state index contributed by atoms with van der Waals surface area (Å²) in [5, 5.41) is 3.93. The molecule has 0 spiro atoms. The van der Waals surface area contributed by atoms with Crippen LogP contribution in [0.25, 0.3) is 0 Å². The third-order valence-corrected chi connectivity index (χ3v) is 4.13. The topological polar surface area (TPSA) is 64.3 Å². The fourth-order valence-electron chi connectivity index (χ4n) is 1.90. The summed E-state index contributed by atoms with van der Waals surface area (Å²) < 4.78 is 5.73. The number of halogens is 2. The maximum atomic E-state index is 11.8. The Bertz CT molecular complexity index is 704. The van der Waals surface area contributed by atoms with Crippen molar-refractivity contribution in [2.45, 2.75) is 6.92 Å². The molecule has 0 amide bonds. The van der Waals surface area contributed by atoms with E-state index in [0.717, 1.165) is 20.5 Å². The Morgan fingerprint density at radius 1 is 1.33 bits per heavy atom. The summed E-state index contributed by atoms with van der Waals surface area (Å²) >= 11 is 8.14. The number of methoxy groups -OCH3 is 1. The summed E-state index contributed by atoms with van der Waals surface area (Å²) in [7, 11) is 1.33. The number of ether oxygens (including phenoxy) is 1. The molecule has 0 unspecified atom stereocenters. The molecule has 2 rings (SSSR count). The quantitative estimate of drug-likeness (QED) is 0.443. The number of hydrogen-bond donors (Lipinski definition) is 2. The van der Waals surface area contributed by atoms with E-state index in [1.165, 1.54) is 7.11 Å². The lowest BCUT2D eigenvalue weighted by atomic mass is 10.1. The van der Waals surface area contributed by atoms with Gasteiger partial charge in [0.25, 0.3) is 0 Å². The molecule has 6 heteroatoms. The van der Waals surface area contributed by atoms with Gasteiger partial charge in [-0.2, -0.15) is 0 Å². The van der Waals surface area contributed by atoms with Gasteiger partial charge in [0.2, 0.25) is 0 Å². The van der Waals surface area contributed by atoms with Gasteiger partial charge in [-0.3, -0.25) is 0 Å². The molecule has 21 heavy (non-hydrogen) atoms. The molecule has 0 radical (unpaired) electrons. The lowest BCUT2D eigenvalue weighted by Gasteiger charge is -2.13. The van der Waals surface area contributed by atoms with Gasteiger partial charge >= 0.3 is 5.97 Å². The van der Waals surface area contributed by atoms with Crippen molar-refractivity contribution in [2.75, 3.05) is 18.2 Å². The molecule has 3 N–H and O–H groups in total. The van der Waals surface area contributed by atoms with E-state index in [4.69, 9.17) is 22.1 Å². The Kier molecular flexibility index (Phi) is 4.95. The van der Waals surface area contributed by atoms with Gasteiger partial charge in [0.15, 0.2) is 0 Å². The third kappa shape index (κ3) is 3.59. The number of nitrogens with two attached hydrogens (primary N) is 1. The first-order chi connectivity index (χ1) is 9.92.